The summed E-state index contributed by atoms with van der Waals surface area (Å²) in [7, 11) is 1.32. The molecule has 6 nitrogen and oxygen atoms in total. The molecule has 1 aliphatic carbocycles. The zero-order chi connectivity index (χ0) is 16.6. The van der Waals surface area contributed by atoms with Gasteiger partial charge >= 0.3 is 0 Å². The SMILES string of the molecule is COC1=C(c2ccc([N+](=O)[O-])cc2)C(=O)c2ccccc2C1=O. The van der Waals surface area contributed by atoms with Gasteiger partial charge in [0.1, 0.15) is 0 Å². The fourth-order valence-corrected chi connectivity index (χ4v) is 2.56. The number of methoxy groups -OCH3 is 1. The van der Waals surface area contributed by atoms with Gasteiger partial charge in [-0.1, -0.05) is 24.3 Å². The Morgan fingerprint density at radius 3 is 2.00 bits per heavy atom. The second-order valence-electron chi connectivity index (χ2n) is 4.92. The van der Waals surface area contributed by atoms with Gasteiger partial charge in [0.15, 0.2) is 11.5 Å². The van der Waals surface area contributed by atoms with E-state index in [9.17, 15) is 19.7 Å². The fraction of sp³-hybridized carbons (Fsp3) is 0.0588. The predicted octanol–water partition coefficient (Wildman–Crippen LogP) is 3.03. The maximum atomic E-state index is 12.7. The van der Waals surface area contributed by atoms with Gasteiger partial charge in [0.05, 0.1) is 17.6 Å². The summed E-state index contributed by atoms with van der Waals surface area (Å²) in [6, 6.07) is 11.9. The topological polar surface area (TPSA) is 86.5 Å². The van der Waals surface area contributed by atoms with E-state index < -0.39 is 4.92 Å². The molecule has 3 rings (SSSR count). The monoisotopic (exact) mass is 309 g/mol. The first kappa shape index (κ1) is 14.6. The fourth-order valence-electron chi connectivity index (χ4n) is 2.56. The van der Waals surface area contributed by atoms with E-state index in [1.165, 1.54) is 31.4 Å². The standard InChI is InChI=1S/C17H11NO5/c1-23-17-14(10-6-8-11(9-7-10)18(21)22)15(19)12-4-2-3-5-13(12)16(17)20/h2-9H,1H3. The average molecular weight is 309 g/mol. The lowest BCUT2D eigenvalue weighted by Crippen LogP contribution is -2.22. The Morgan fingerprint density at radius 2 is 1.48 bits per heavy atom. The molecule has 0 amide bonds. The lowest BCUT2D eigenvalue weighted by Gasteiger charge is -2.20. The van der Waals surface area contributed by atoms with Gasteiger partial charge in [-0.15, -0.1) is 0 Å². The number of carbonyl (C=O) groups is 2. The van der Waals surface area contributed by atoms with E-state index in [0.29, 0.717) is 16.7 Å². The molecule has 2 aromatic carbocycles. The Bertz CT molecular complexity index is 865. The molecule has 0 radical (unpaired) electrons. The summed E-state index contributed by atoms with van der Waals surface area (Å²) in [5.74, 6) is -0.774. The Balaban J connectivity index is 2.18. The van der Waals surface area contributed by atoms with E-state index >= 15 is 0 Å². The quantitative estimate of drug-likeness (QED) is 0.642. The third-order valence-corrected chi connectivity index (χ3v) is 3.65. The maximum Gasteiger partial charge on any atom is 0.269 e. The minimum atomic E-state index is -0.529. The van der Waals surface area contributed by atoms with Crippen LogP contribution in [0.25, 0.3) is 5.57 Å². The second-order valence-corrected chi connectivity index (χ2v) is 4.92. The highest BCUT2D eigenvalue weighted by molar-refractivity contribution is 6.40. The largest absolute Gasteiger partial charge is 0.492 e. The van der Waals surface area contributed by atoms with Crippen LogP contribution in [0.3, 0.4) is 0 Å². The Morgan fingerprint density at radius 1 is 0.913 bits per heavy atom. The van der Waals surface area contributed by atoms with Crippen molar-refractivity contribution in [1.29, 1.82) is 0 Å². The molecule has 23 heavy (non-hydrogen) atoms. The van der Waals surface area contributed by atoms with Crippen LogP contribution in [0.4, 0.5) is 5.69 Å². The van der Waals surface area contributed by atoms with Gasteiger partial charge in [-0.2, -0.15) is 0 Å². The molecule has 0 spiro atoms. The highest BCUT2D eigenvalue weighted by Crippen LogP contribution is 2.33. The van der Waals surface area contributed by atoms with Gasteiger partial charge in [0.25, 0.3) is 5.69 Å². The number of ketones is 2. The Hall–Kier alpha value is -3.28. The van der Waals surface area contributed by atoms with Crippen LogP contribution in [0.5, 0.6) is 0 Å². The molecular formula is C17H11NO5. The van der Waals surface area contributed by atoms with Gasteiger partial charge in [-0.05, 0) is 17.7 Å². The molecule has 0 atom stereocenters. The first-order chi connectivity index (χ1) is 11.0. The van der Waals surface area contributed by atoms with E-state index in [1.807, 2.05) is 0 Å². The lowest BCUT2D eigenvalue weighted by molar-refractivity contribution is -0.384. The van der Waals surface area contributed by atoms with Crippen LogP contribution in [-0.4, -0.2) is 23.6 Å². The van der Waals surface area contributed by atoms with Gasteiger partial charge in [-0.3, -0.25) is 19.7 Å². The molecule has 0 N–H and O–H groups in total. The Kier molecular flexibility index (Phi) is 3.50. The first-order valence-corrected chi connectivity index (χ1v) is 6.76. The van der Waals surface area contributed by atoms with Crippen LogP contribution in [0, 0.1) is 10.1 Å². The smallest absolute Gasteiger partial charge is 0.269 e. The number of hydrogen-bond donors (Lipinski definition) is 0. The van der Waals surface area contributed by atoms with Gasteiger partial charge in [-0.25, -0.2) is 0 Å². The number of nitrogens with zero attached hydrogens (tertiary/aromatic N) is 1. The minimum absolute atomic E-state index is 0.0532. The second kappa shape index (κ2) is 5.49. The number of rotatable bonds is 3. The van der Waals surface area contributed by atoms with Gasteiger partial charge in [0, 0.05) is 23.3 Å². The van der Waals surface area contributed by atoms with E-state index in [1.54, 1.807) is 24.3 Å². The van der Waals surface area contributed by atoms with E-state index in [0.717, 1.165) is 0 Å². The summed E-state index contributed by atoms with van der Waals surface area (Å²) in [5, 5.41) is 10.7. The molecule has 114 valence electrons. The van der Waals surface area contributed by atoms with Crippen molar-refractivity contribution in [2.24, 2.45) is 0 Å². The number of ether oxygens (including phenoxy) is 1. The van der Waals surface area contributed by atoms with Crippen LogP contribution < -0.4 is 0 Å². The average Bonchev–Trinajstić information content (AvgIpc) is 2.58. The molecule has 0 heterocycles. The molecule has 2 aromatic rings. The molecule has 6 heteroatoms. The maximum absolute atomic E-state index is 12.7. The summed E-state index contributed by atoms with van der Waals surface area (Å²) in [5.41, 5.74) is 1.02. The zero-order valence-corrected chi connectivity index (χ0v) is 12.1. The number of nitro groups is 1. The zero-order valence-electron chi connectivity index (χ0n) is 12.1. The van der Waals surface area contributed by atoms with Crippen molar-refractivity contribution in [1.82, 2.24) is 0 Å². The number of carbonyl (C=O) groups excluding carboxylic acids is 2. The third kappa shape index (κ3) is 2.30. The lowest BCUT2D eigenvalue weighted by atomic mass is 9.85. The van der Waals surface area contributed by atoms with Gasteiger partial charge in [0.2, 0.25) is 5.78 Å². The number of non-ortho nitro benzene ring substituents is 1. The van der Waals surface area contributed by atoms with Gasteiger partial charge < -0.3 is 4.74 Å². The number of hydrogen-bond acceptors (Lipinski definition) is 5. The third-order valence-electron chi connectivity index (χ3n) is 3.65. The molecule has 1 aliphatic rings. The molecule has 0 fully saturated rings. The van der Waals surface area contributed by atoms with Crippen molar-refractivity contribution in [2.45, 2.75) is 0 Å². The predicted molar refractivity (Wildman–Crippen MR) is 82.1 cm³/mol. The Labute approximate surface area is 131 Å². The van der Waals surface area contributed by atoms with Crippen molar-refractivity contribution in [3.8, 4) is 0 Å². The molecule has 0 saturated heterocycles. The molecule has 0 aliphatic heterocycles. The van der Waals surface area contributed by atoms with Crippen LogP contribution in [0.2, 0.25) is 0 Å². The van der Waals surface area contributed by atoms with Crippen LogP contribution in [-0.2, 0) is 4.74 Å². The molecule has 0 unspecified atom stereocenters. The number of nitro benzene ring substituents is 1. The van der Waals surface area contributed by atoms with Crippen LogP contribution in [0.1, 0.15) is 26.3 Å². The number of allylic oxidation sites excluding steroid dienone is 2. The van der Waals surface area contributed by atoms with Crippen molar-refractivity contribution in [3.63, 3.8) is 0 Å². The van der Waals surface area contributed by atoms with E-state index in [4.69, 9.17) is 4.74 Å². The van der Waals surface area contributed by atoms with E-state index in [2.05, 4.69) is 0 Å². The number of benzene rings is 2. The minimum Gasteiger partial charge on any atom is -0.492 e. The van der Waals surface area contributed by atoms with Crippen molar-refractivity contribution in [2.75, 3.05) is 7.11 Å². The highest BCUT2D eigenvalue weighted by Gasteiger charge is 2.33. The van der Waals surface area contributed by atoms with Crippen LogP contribution >= 0.6 is 0 Å². The highest BCUT2D eigenvalue weighted by atomic mass is 16.6. The summed E-state index contributed by atoms with van der Waals surface area (Å²) in [6.07, 6.45) is 0. The van der Waals surface area contributed by atoms with Crippen molar-refractivity contribution in [3.05, 3.63) is 81.1 Å². The van der Waals surface area contributed by atoms with Crippen molar-refractivity contribution >= 4 is 22.8 Å². The normalized spacial score (nSPS) is 13.8. The molecule has 0 saturated carbocycles. The first-order valence-electron chi connectivity index (χ1n) is 6.76. The summed E-state index contributed by atoms with van der Waals surface area (Å²) in [6.45, 7) is 0. The number of fused-ring (bicyclic) bond motifs is 1. The summed E-state index contributed by atoms with van der Waals surface area (Å²) in [4.78, 5) is 35.4. The molecule has 0 bridgehead atoms. The molecule has 0 aromatic heterocycles. The van der Waals surface area contributed by atoms with Crippen LogP contribution in [0.15, 0.2) is 54.3 Å². The van der Waals surface area contributed by atoms with Crippen molar-refractivity contribution < 1.29 is 19.2 Å². The summed E-state index contributed by atoms with van der Waals surface area (Å²) >= 11 is 0. The van der Waals surface area contributed by atoms with E-state index in [-0.39, 0.29) is 28.6 Å². The number of Topliss-reactive ketones (excluding diaryl/α,β-unsaturated/α-hetero) is 2. The molecular weight excluding hydrogens is 298 g/mol. The summed E-state index contributed by atoms with van der Waals surface area (Å²) < 4.78 is 5.15.